The lowest BCUT2D eigenvalue weighted by Gasteiger charge is -2.10. The second kappa shape index (κ2) is 5.45. The maximum Gasteiger partial charge on any atom is 0.162 e. The van der Waals surface area contributed by atoms with Crippen LogP contribution in [-0.4, -0.2) is 12.2 Å². The van der Waals surface area contributed by atoms with E-state index in [9.17, 15) is 5.11 Å². The highest BCUT2D eigenvalue weighted by Gasteiger charge is 2.06. The first-order valence-corrected chi connectivity index (χ1v) is 5.86. The number of rotatable bonds is 4. The van der Waals surface area contributed by atoms with Crippen molar-refractivity contribution >= 4 is 5.69 Å². The lowest BCUT2D eigenvalue weighted by atomic mass is 10.1. The molecule has 0 unspecified atom stereocenters. The van der Waals surface area contributed by atoms with Gasteiger partial charge in [0.2, 0.25) is 0 Å². The highest BCUT2D eigenvalue weighted by atomic mass is 16.5. The van der Waals surface area contributed by atoms with Crippen LogP contribution in [0.25, 0.3) is 0 Å². The van der Waals surface area contributed by atoms with Crippen LogP contribution in [0.1, 0.15) is 11.1 Å². The van der Waals surface area contributed by atoms with Crippen molar-refractivity contribution in [3.8, 4) is 11.5 Å². The van der Waals surface area contributed by atoms with E-state index >= 15 is 0 Å². The summed E-state index contributed by atoms with van der Waals surface area (Å²) in [5.41, 5.74) is 3.07. The molecule has 0 atom stereocenters. The monoisotopic (exact) mass is 243 g/mol. The molecule has 18 heavy (non-hydrogen) atoms. The number of phenols is 1. The Bertz CT molecular complexity index is 521. The Morgan fingerprint density at radius 3 is 2.50 bits per heavy atom. The average Bonchev–Trinajstić information content (AvgIpc) is 2.39. The lowest BCUT2D eigenvalue weighted by molar-refractivity contribution is 0.371. The van der Waals surface area contributed by atoms with Gasteiger partial charge in [0.1, 0.15) is 0 Å². The van der Waals surface area contributed by atoms with Crippen LogP contribution in [-0.2, 0) is 6.54 Å². The Labute approximate surface area is 107 Å². The minimum absolute atomic E-state index is 0.194. The van der Waals surface area contributed by atoms with Crippen molar-refractivity contribution in [3.05, 3.63) is 53.6 Å². The molecule has 3 heteroatoms. The van der Waals surface area contributed by atoms with Gasteiger partial charge in [-0.05, 0) is 25.1 Å². The SMILES string of the molecule is COc1cccc(CNc2ccc(C)cc2)c1O. The van der Waals surface area contributed by atoms with Crippen molar-refractivity contribution in [1.29, 1.82) is 0 Å². The minimum Gasteiger partial charge on any atom is -0.504 e. The summed E-state index contributed by atoms with van der Waals surface area (Å²) in [5.74, 6) is 0.692. The molecule has 2 aromatic carbocycles. The summed E-state index contributed by atoms with van der Waals surface area (Å²) in [4.78, 5) is 0. The predicted octanol–water partition coefficient (Wildman–Crippen LogP) is 3.32. The molecule has 0 heterocycles. The van der Waals surface area contributed by atoms with E-state index in [2.05, 4.69) is 12.2 Å². The number of para-hydroxylation sites is 1. The van der Waals surface area contributed by atoms with Gasteiger partial charge in [-0.15, -0.1) is 0 Å². The van der Waals surface area contributed by atoms with Crippen LogP contribution >= 0.6 is 0 Å². The van der Waals surface area contributed by atoms with Crippen molar-refractivity contribution in [2.45, 2.75) is 13.5 Å². The summed E-state index contributed by atoms with van der Waals surface area (Å²) in [7, 11) is 1.55. The highest BCUT2D eigenvalue weighted by molar-refractivity contribution is 5.49. The Hall–Kier alpha value is -2.16. The van der Waals surface area contributed by atoms with Crippen LogP contribution in [0.4, 0.5) is 5.69 Å². The van der Waals surface area contributed by atoms with Crippen LogP contribution < -0.4 is 10.1 Å². The Balaban J connectivity index is 2.08. The molecule has 2 rings (SSSR count). The molecule has 0 bridgehead atoms. The highest BCUT2D eigenvalue weighted by Crippen LogP contribution is 2.29. The van der Waals surface area contributed by atoms with E-state index in [0.29, 0.717) is 12.3 Å². The summed E-state index contributed by atoms with van der Waals surface area (Å²) >= 11 is 0. The first-order chi connectivity index (χ1) is 8.70. The number of hydrogen-bond acceptors (Lipinski definition) is 3. The van der Waals surface area contributed by atoms with Gasteiger partial charge < -0.3 is 15.2 Å². The third-order valence-electron chi connectivity index (χ3n) is 2.84. The molecule has 2 aromatic rings. The number of aromatic hydroxyl groups is 1. The number of phenolic OH excluding ortho intramolecular Hbond substituents is 1. The fourth-order valence-corrected chi connectivity index (χ4v) is 1.74. The maximum atomic E-state index is 9.95. The second-order valence-corrected chi connectivity index (χ2v) is 4.19. The third kappa shape index (κ3) is 2.74. The molecule has 3 nitrogen and oxygen atoms in total. The Kier molecular flexibility index (Phi) is 3.72. The van der Waals surface area contributed by atoms with Crippen LogP contribution in [0.15, 0.2) is 42.5 Å². The van der Waals surface area contributed by atoms with Crippen LogP contribution in [0.3, 0.4) is 0 Å². The first-order valence-electron chi connectivity index (χ1n) is 5.86. The number of anilines is 1. The molecule has 0 aliphatic heterocycles. The smallest absolute Gasteiger partial charge is 0.162 e. The molecule has 0 aromatic heterocycles. The zero-order valence-corrected chi connectivity index (χ0v) is 10.6. The molecule has 0 aliphatic rings. The largest absolute Gasteiger partial charge is 0.504 e. The van der Waals surface area contributed by atoms with Gasteiger partial charge in [0.15, 0.2) is 11.5 Å². The van der Waals surface area contributed by atoms with E-state index in [-0.39, 0.29) is 5.75 Å². The quantitative estimate of drug-likeness (QED) is 0.865. The van der Waals surface area contributed by atoms with E-state index in [0.717, 1.165) is 11.3 Å². The number of hydrogen-bond donors (Lipinski definition) is 2. The molecule has 2 N–H and O–H groups in total. The standard InChI is InChI=1S/C15H17NO2/c1-11-6-8-13(9-7-11)16-10-12-4-3-5-14(18-2)15(12)17/h3-9,16-17H,10H2,1-2H3. The van der Waals surface area contributed by atoms with Crippen molar-refractivity contribution in [3.63, 3.8) is 0 Å². The number of methoxy groups -OCH3 is 1. The fourth-order valence-electron chi connectivity index (χ4n) is 1.74. The van der Waals surface area contributed by atoms with E-state index in [1.54, 1.807) is 13.2 Å². The third-order valence-corrected chi connectivity index (χ3v) is 2.84. The second-order valence-electron chi connectivity index (χ2n) is 4.19. The van der Waals surface area contributed by atoms with Gasteiger partial charge in [-0.25, -0.2) is 0 Å². The van der Waals surface area contributed by atoms with Gasteiger partial charge >= 0.3 is 0 Å². The molecule has 0 aliphatic carbocycles. The molecule has 0 fully saturated rings. The Morgan fingerprint density at radius 2 is 1.83 bits per heavy atom. The van der Waals surface area contributed by atoms with E-state index in [4.69, 9.17) is 4.74 Å². The molecule has 94 valence electrons. The van der Waals surface area contributed by atoms with Gasteiger partial charge in [0, 0.05) is 17.8 Å². The molecular formula is C15H17NO2. The van der Waals surface area contributed by atoms with Crippen molar-refractivity contribution < 1.29 is 9.84 Å². The summed E-state index contributed by atoms with van der Waals surface area (Å²) in [6, 6.07) is 13.6. The molecule has 0 saturated heterocycles. The Morgan fingerprint density at radius 1 is 1.11 bits per heavy atom. The molecule has 0 radical (unpaired) electrons. The summed E-state index contributed by atoms with van der Waals surface area (Å²) in [6.45, 7) is 2.61. The summed E-state index contributed by atoms with van der Waals surface area (Å²) < 4.78 is 5.08. The van der Waals surface area contributed by atoms with Crippen molar-refractivity contribution in [2.24, 2.45) is 0 Å². The summed E-state index contributed by atoms with van der Waals surface area (Å²) in [5, 5.41) is 13.2. The molecule has 0 spiro atoms. The van der Waals surface area contributed by atoms with Gasteiger partial charge in [-0.2, -0.15) is 0 Å². The number of benzene rings is 2. The van der Waals surface area contributed by atoms with E-state index < -0.39 is 0 Å². The fraction of sp³-hybridized carbons (Fsp3) is 0.200. The minimum atomic E-state index is 0.194. The van der Waals surface area contributed by atoms with Crippen molar-refractivity contribution in [2.75, 3.05) is 12.4 Å². The number of aryl methyl sites for hydroxylation is 1. The zero-order chi connectivity index (χ0) is 13.0. The van der Waals surface area contributed by atoms with Crippen molar-refractivity contribution in [1.82, 2.24) is 0 Å². The molecule has 0 saturated carbocycles. The van der Waals surface area contributed by atoms with Gasteiger partial charge in [0.25, 0.3) is 0 Å². The van der Waals surface area contributed by atoms with Crippen LogP contribution in [0.5, 0.6) is 11.5 Å². The summed E-state index contributed by atoms with van der Waals surface area (Å²) in [6.07, 6.45) is 0. The van der Waals surface area contributed by atoms with E-state index in [1.165, 1.54) is 5.56 Å². The molecule has 0 amide bonds. The predicted molar refractivity (Wildman–Crippen MR) is 73.2 cm³/mol. The zero-order valence-electron chi connectivity index (χ0n) is 10.6. The number of ether oxygens (including phenoxy) is 1. The van der Waals surface area contributed by atoms with Gasteiger partial charge in [0.05, 0.1) is 7.11 Å². The van der Waals surface area contributed by atoms with E-state index in [1.807, 2.05) is 36.4 Å². The normalized spacial score (nSPS) is 10.1. The lowest BCUT2D eigenvalue weighted by Crippen LogP contribution is -2.00. The van der Waals surface area contributed by atoms with Gasteiger partial charge in [-0.3, -0.25) is 0 Å². The van der Waals surface area contributed by atoms with Crippen LogP contribution in [0, 0.1) is 6.92 Å². The average molecular weight is 243 g/mol. The molecular weight excluding hydrogens is 226 g/mol. The van der Waals surface area contributed by atoms with Crippen LogP contribution in [0.2, 0.25) is 0 Å². The van der Waals surface area contributed by atoms with Gasteiger partial charge in [-0.1, -0.05) is 29.8 Å². The maximum absolute atomic E-state index is 9.95. The number of nitrogens with one attached hydrogen (secondary N) is 1. The first kappa shape index (κ1) is 12.3. The topological polar surface area (TPSA) is 41.5 Å².